The molecule has 2 atom stereocenters. The highest BCUT2D eigenvalue weighted by Gasteiger charge is 2.42. The number of methoxy groups -OCH3 is 1. The Morgan fingerprint density at radius 3 is 2.79 bits per heavy atom. The average Bonchev–Trinajstić information content (AvgIpc) is 2.55. The number of ether oxygens (including phenoxy) is 2. The number of benzene rings is 1. The van der Waals surface area contributed by atoms with Crippen LogP contribution in [0.2, 0.25) is 0 Å². The molecule has 0 unspecified atom stereocenters. The molecule has 2 rings (SSSR count). The summed E-state index contributed by atoms with van der Waals surface area (Å²) in [5.41, 5.74) is 0.0715. The first kappa shape index (κ1) is 18.3. The highest BCUT2D eigenvalue weighted by Crippen LogP contribution is 2.36. The number of carbonyl (C=O) groups excluding carboxylic acids is 1. The van der Waals surface area contributed by atoms with E-state index in [0.29, 0.717) is 35.8 Å². The third-order valence-electron chi connectivity index (χ3n) is 4.49. The van der Waals surface area contributed by atoms with Gasteiger partial charge in [0.1, 0.15) is 17.4 Å². The minimum Gasteiger partial charge on any atom is -0.491 e. The van der Waals surface area contributed by atoms with Crippen LogP contribution in [-0.4, -0.2) is 24.7 Å². The Kier molecular flexibility index (Phi) is 5.84. The Labute approximate surface area is 144 Å². The molecule has 1 saturated carbocycles. The zero-order chi connectivity index (χ0) is 17.7. The molecule has 0 saturated heterocycles. The van der Waals surface area contributed by atoms with Crippen molar-refractivity contribution in [1.82, 2.24) is 0 Å². The quantitative estimate of drug-likeness (QED) is 0.889. The third-order valence-corrected chi connectivity index (χ3v) is 4.49. The molecule has 0 aliphatic heterocycles. The van der Waals surface area contributed by atoms with E-state index in [-0.39, 0.29) is 12.0 Å². The van der Waals surface area contributed by atoms with Gasteiger partial charge in [0.2, 0.25) is 0 Å². The lowest BCUT2D eigenvalue weighted by Gasteiger charge is -2.37. The second-order valence-corrected chi connectivity index (χ2v) is 6.84. The van der Waals surface area contributed by atoms with Crippen molar-refractivity contribution in [2.45, 2.75) is 58.2 Å². The molecule has 0 bridgehead atoms. The molecule has 1 aromatic rings. The average molecular weight is 330 g/mol. The largest absolute Gasteiger partial charge is 0.491 e. The standard InChI is InChI=1S/C19H26N2O3/c1-13(2)24-16-7-8-17(15(10-16)12-20)21-18(22)19(23-4)9-5-6-14(3)11-19/h7-8,10,13-14H,5-6,9,11H2,1-4H3,(H,21,22)/t14-,19+/m1/s1. The molecule has 0 radical (unpaired) electrons. The van der Waals surface area contributed by atoms with Crippen LogP contribution in [0.15, 0.2) is 18.2 Å². The van der Waals surface area contributed by atoms with E-state index >= 15 is 0 Å². The van der Waals surface area contributed by atoms with Gasteiger partial charge in [-0.2, -0.15) is 5.26 Å². The van der Waals surface area contributed by atoms with Crippen LogP contribution in [0.5, 0.6) is 5.75 Å². The third kappa shape index (κ3) is 4.07. The van der Waals surface area contributed by atoms with Gasteiger partial charge < -0.3 is 14.8 Å². The molecule has 5 nitrogen and oxygen atoms in total. The van der Waals surface area contributed by atoms with Crippen LogP contribution in [0, 0.1) is 17.2 Å². The van der Waals surface area contributed by atoms with Gasteiger partial charge in [-0.05, 0) is 51.2 Å². The fourth-order valence-corrected chi connectivity index (χ4v) is 3.29. The Morgan fingerprint density at radius 2 is 2.21 bits per heavy atom. The van der Waals surface area contributed by atoms with Crippen LogP contribution in [0.25, 0.3) is 0 Å². The van der Waals surface area contributed by atoms with Gasteiger partial charge in [-0.3, -0.25) is 4.79 Å². The van der Waals surface area contributed by atoms with Crippen LogP contribution in [0.1, 0.15) is 52.0 Å². The Bertz CT molecular complexity index is 636. The Balaban J connectivity index is 2.20. The highest BCUT2D eigenvalue weighted by molar-refractivity contribution is 5.98. The van der Waals surface area contributed by atoms with Gasteiger partial charge in [0, 0.05) is 13.2 Å². The summed E-state index contributed by atoms with van der Waals surface area (Å²) in [6, 6.07) is 7.25. The number of anilines is 1. The first-order chi connectivity index (χ1) is 11.4. The number of rotatable bonds is 5. The van der Waals surface area contributed by atoms with Gasteiger partial charge in [-0.25, -0.2) is 0 Å². The number of amides is 1. The maximum Gasteiger partial charge on any atom is 0.256 e. The maximum absolute atomic E-state index is 12.8. The molecule has 1 N–H and O–H groups in total. The van der Waals surface area contributed by atoms with Gasteiger partial charge in [0.05, 0.1) is 17.4 Å². The summed E-state index contributed by atoms with van der Waals surface area (Å²) in [6.45, 7) is 5.99. The van der Waals surface area contributed by atoms with E-state index < -0.39 is 5.60 Å². The topological polar surface area (TPSA) is 71.3 Å². The van der Waals surface area contributed by atoms with E-state index in [1.54, 1.807) is 25.3 Å². The van der Waals surface area contributed by atoms with Crippen LogP contribution in [0.4, 0.5) is 5.69 Å². The summed E-state index contributed by atoms with van der Waals surface area (Å²) >= 11 is 0. The summed E-state index contributed by atoms with van der Waals surface area (Å²) in [7, 11) is 1.59. The molecule has 1 aliphatic rings. The van der Waals surface area contributed by atoms with Crippen LogP contribution >= 0.6 is 0 Å². The molecule has 1 aromatic carbocycles. The van der Waals surface area contributed by atoms with E-state index in [2.05, 4.69) is 18.3 Å². The number of nitrogens with one attached hydrogen (secondary N) is 1. The van der Waals surface area contributed by atoms with Gasteiger partial charge in [-0.15, -0.1) is 0 Å². The van der Waals surface area contributed by atoms with Crippen molar-refractivity contribution in [2.24, 2.45) is 5.92 Å². The molecule has 0 spiro atoms. The van der Waals surface area contributed by atoms with E-state index in [1.807, 2.05) is 13.8 Å². The van der Waals surface area contributed by atoms with Gasteiger partial charge in [0.15, 0.2) is 0 Å². The van der Waals surface area contributed by atoms with Crippen molar-refractivity contribution >= 4 is 11.6 Å². The minimum atomic E-state index is -0.808. The molecular weight excluding hydrogens is 304 g/mol. The molecule has 0 heterocycles. The van der Waals surface area contributed by atoms with E-state index in [1.165, 1.54) is 0 Å². The van der Waals surface area contributed by atoms with Crippen molar-refractivity contribution in [1.29, 1.82) is 5.26 Å². The Morgan fingerprint density at radius 1 is 1.46 bits per heavy atom. The SMILES string of the molecule is CO[C@@]1(C(=O)Nc2ccc(OC(C)C)cc2C#N)CCC[C@@H](C)C1. The highest BCUT2D eigenvalue weighted by atomic mass is 16.5. The second-order valence-electron chi connectivity index (χ2n) is 6.84. The van der Waals surface area contributed by atoms with E-state index in [0.717, 1.165) is 12.8 Å². The van der Waals surface area contributed by atoms with Crippen molar-refractivity contribution in [2.75, 3.05) is 12.4 Å². The number of hydrogen-bond acceptors (Lipinski definition) is 4. The molecule has 24 heavy (non-hydrogen) atoms. The summed E-state index contributed by atoms with van der Waals surface area (Å²) in [5.74, 6) is 0.888. The molecule has 1 amide bonds. The summed E-state index contributed by atoms with van der Waals surface area (Å²) in [4.78, 5) is 12.8. The number of carbonyl (C=O) groups is 1. The van der Waals surface area contributed by atoms with Gasteiger partial charge in [-0.1, -0.05) is 13.3 Å². The predicted octanol–water partition coefficient (Wildman–Crippen LogP) is 3.88. The maximum atomic E-state index is 12.8. The molecule has 5 heteroatoms. The normalized spacial score (nSPS) is 23.6. The smallest absolute Gasteiger partial charge is 0.256 e. The molecule has 0 aromatic heterocycles. The first-order valence-electron chi connectivity index (χ1n) is 8.47. The van der Waals surface area contributed by atoms with E-state index in [4.69, 9.17) is 9.47 Å². The number of nitrogens with zero attached hydrogens (tertiary/aromatic N) is 1. The summed E-state index contributed by atoms with van der Waals surface area (Å²) in [5, 5.41) is 12.3. The molecule has 1 fully saturated rings. The molecular formula is C19H26N2O3. The van der Waals surface area contributed by atoms with Crippen molar-refractivity contribution < 1.29 is 14.3 Å². The fraction of sp³-hybridized carbons (Fsp3) is 0.579. The summed E-state index contributed by atoms with van der Waals surface area (Å²) < 4.78 is 11.2. The Hall–Kier alpha value is -2.06. The number of nitriles is 1. The zero-order valence-electron chi connectivity index (χ0n) is 14.9. The second kappa shape index (κ2) is 7.67. The lowest BCUT2D eigenvalue weighted by Crippen LogP contribution is -2.48. The van der Waals surface area contributed by atoms with Crippen molar-refractivity contribution in [3.8, 4) is 11.8 Å². The number of hydrogen-bond donors (Lipinski definition) is 1. The summed E-state index contributed by atoms with van der Waals surface area (Å²) in [6.07, 6.45) is 3.51. The zero-order valence-corrected chi connectivity index (χ0v) is 14.9. The fourth-order valence-electron chi connectivity index (χ4n) is 3.29. The van der Waals surface area contributed by atoms with Gasteiger partial charge in [0.25, 0.3) is 5.91 Å². The minimum absolute atomic E-state index is 0.0254. The monoisotopic (exact) mass is 330 g/mol. The first-order valence-corrected chi connectivity index (χ1v) is 8.47. The lowest BCUT2D eigenvalue weighted by atomic mass is 9.78. The van der Waals surface area contributed by atoms with Crippen LogP contribution in [0.3, 0.4) is 0 Å². The predicted molar refractivity (Wildman–Crippen MR) is 92.9 cm³/mol. The van der Waals surface area contributed by atoms with Crippen molar-refractivity contribution in [3.05, 3.63) is 23.8 Å². The lowest BCUT2D eigenvalue weighted by molar-refractivity contribution is -0.143. The van der Waals surface area contributed by atoms with Crippen LogP contribution < -0.4 is 10.1 Å². The van der Waals surface area contributed by atoms with Crippen LogP contribution in [-0.2, 0) is 9.53 Å². The van der Waals surface area contributed by atoms with E-state index in [9.17, 15) is 10.1 Å². The van der Waals surface area contributed by atoms with Crippen molar-refractivity contribution in [3.63, 3.8) is 0 Å². The molecule has 130 valence electrons. The van der Waals surface area contributed by atoms with Gasteiger partial charge >= 0.3 is 0 Å². The molecule has 1 aliphatic carbocycles.